The molecule has 0 aliphatic carbocycles. The fourth-order valence-electron chi connectivity index (χ4n) is 3.25. The summed E-state index contributed by atoms with van der Waals surface area (Å²) in [6.07, 6.45) is 0. The van der Waals surface area contributed by atoms with E-state index < -0.39 is 11.9 Å². The van der Waals surface area contributed by atoms with Gasteiger partial charge in [-0.15, -0.1) is 0 Å². The molecule has 0 radical (unpaired) electrons. The molecule has 1 aromatic heterocycles. The largest absolute Gasteiger partial charge is 0.465 e. The minimum Gasteiger partial charge on any atom is -0.465 e. The Morgan fingerprint density at radius 2 is 1.71 bits per heavy atom. The number of nitrogens with zero attached hydrogens (tertiary/aromatic N) is 3. The van der Waals surface area contributed by atoms with E-state index in [9.17, 15) is 9.59 Å². The normalized spacial score (nSPS) is 13.6. The van der Waals surface area contributed by atoms with Crippen LogP contribution >= 0.6 is 0 Å². The van der Waals surface area contributed by atoms with Crippen LogP contribution in [0.4, 0.5) is 11.5 Å². The molecule has 2 aromatic carbocycles. The number of carbonyl (C=O) groups is 2. The number of fused-ring (bicyclic) bond motifs is 1. The number of morpholine rings is 1. The van der Waals surface area contributed by atoms with Gasteiger partial charge in [0.2, 0.25) is 0 Å². The molecule has 1 N–H and O–H groups in total. The summed E-state index contributed by atoms with van der Waals surface area (Å²) in [7, 11) is 1.29. The highest BCUT2D eigenvalue weighted by Crippen LogP contribution is 2.27. The maximum absolute atomic E-state index is 12.5. The third kappa shape index (κ3) is 4.72. The first-order chi connectivity index (χ1) is 15.2. The monoisotopic (exact) mass is 422 g/mol. The Hall–Kier alpha value is -3.72. The van der Waals surface area contributed by atoms with E-state index in [0.29, 0.717) is 43.3 Å². The summed E-state index contributed by atoms with van der Waals surface area (Å²) < 4.78 is 16.0. The number of para-hydroxylation sites is 3. The standard InChI is InChI=1S/C22H22N4O5/c1-29-22(28)15-6-2-3-7-16(15)23-19(27)14-31-21-20(26-10-12-30-13-11-26)24-17-8-4-5-9-18(17)25-21/h2-9H,10-14H2,1H3,(H,23,27). The second-order valence-corrected chi connectivity index (χ2v) is 6.81. The number of aromatic nitrogens is 2. The van der Waals surface area contributed by atoms with Crippen LogP contribution in [0.25, 0.3) is 11.0 Å². The number of amides is 1. The molecule has 0 atom stereocenters. The highest BCUT2D eigenvalue weighted by atomic mass is 16.5. The van der Waals surface area contributed by atoms with Crippen LogP contribution in [0.1, 0.15) is 10.4 Å². The zero-order valence-corrected chi connectivity index (χ0v) is 17.0. The van der Waals surface area contributed by atoms with Crippen LogP contribution in [0.3, 0.4) is 0 Å². The highest BCUT2D eigenvalue weighted by Gasteiger charge is 2.21. The first-order valence-corrected chi connectivity index (χ1v) is 9.85. The van der Waals surface area contributed by atoms with Gasteiger partial charge in [0.25, 0.3) is 11.8 Å². The Bertz CT molecular complexity index is 1100. The van der Waals surface area contributed by atoms with Gasteiger partial charge in [-0.1, -0.05) is 24.3 Å². The van der Waals surface area contributed by atoms with Crippen LogP contribution in [-0.2, 0) is 14.3 Å². The van der Waals surface area contributed by atoms with Crippen molar-refractivity contribution in [3.05, 3.63) is 54.1 Å². The lowest BCUT2D eigenvalue weighted by Gasteiger charge is -2.28. The Balaban J connectivity index is 1.53. The quantitative estimate of drug-likeness (QED) is 0.604. The van der Waals surface area contributed by atoms with E-state index in [-0.39, 0.29) is 18.1 Å². The number of nitrogens with one attached hydrogen (secondary N) is 1. The molecule has 1 fully saturated rings. The molecule has 1 saturated heterocycles. The van der Waals surface area contributed by atoms with E-state index in [0.717, 1.165) is 5.52 Å². The number of anilines is 2. The Labute approximate surface area is 178 Å². The third-order valence-electron chi connectivity index (χ3n) is 4.78. The minimum absolute atomic E-state index is 0.262. The Kier molecular flexibility index (Phi) is 6.23. The molecule has 9 nitrogen and oxygen atoms in total. The molecule has 9 heteroatoms. The van der Waals surface area contributed by atoms with Gasteiger partial charge in [0.15, 0.2) is 12.4 Å². The SMILES string of the molecule is COC(=O)c1ccccc1NC(=O)COc1nc2ccccc2nc1N1CCOCC1. The third-order valence-corrected chi connectivity index (χ3v) is 4.78. The van der Waals surface area contributed by atoms with Gasteiger partial charge in [-0.05, 0) is 24.3 Å². The van der Waals surface area contributed by atoms with Crippen molar-refractivity contribution >= 4 is 34.4 Å². The zero-order valence-electron chi connectivity index (χ0n) is 17.0. The summed E-state index contributed by atoms with van der Waals surface area (Å²) >= 11 is 0. The summed E-state index contributed by atoms with van der Waals surface area (Å²) in [5.74, 6) is -0.118. The van der Waals surface area contributed by atoms with E-state index in [4.69, 9.17) is 19.2 Å². The molecular formula is C22H22N4O5. The number of carbonyl (C=O) groups excluding carboxylic acids is 2. The average Bonchev–Trinajstić information content (AvgIpc) is 2.82. The second-order valence-electron chi connectivity index (χ2n) is 6.81. The van der Waals surface area contributed by atoms with Gasteiger partial charge in [-0.25, -0.2) is 14.8 Å². The lowest BCUT2D eigenvalue weighted by molar-refractivity contribution is -0.118. The van der Waals surface area contributed by atoms with Gasteiger partial charge in [-0.2, -0.15) is 0 Å². The summed E-state index contributed by atoms with van der Waals surface area (Å²) in [5.41, 5.74) is 2.03. The highest BCUT2D eigenvalue weighted by molar-refractivity contribution is 6.01. The molecule has 1 amide bonds. The molecule has 160 valence electrons. The summed E-state index contributed by atoms with van der Waals surface area (Å²) in [5, 5.41) is 2.69. The molecule has 4 rings (SSSR count). The molecule has 2 heterocycles. The molecule has 0 bridgehead atoms. The van der Waals surface area contributed by atoms with E-state index >= 15 is 0 Å². The van der Waals surface area contributed by atoms with Crippen molar-refractivity contribution in [2.45, 2.75) is 0 Å². The van der Waals surface area contributed by atoms with Crippen LogP contribution in [0.2, 0.25) is 0 Å². The average molecular weight is 422 g/mol. The lowest BCUT2D eigenvalue weighted by atomic mass is 10.2. The fourth-order valence-corrected chi connectivity index (χ4v) is 3.25. The van der Waals surface area contributed by atoms with Gasteiger partial charge >= 0.3 is 5.97 Å². The number of methoxy groups -OCH3 is 1. The van der Waals surface area contributed by atoms with Gasteiger partial charge in [0, 0.05) is 13.1 Å². The zero-order chi connectivity index (χ0) is 21.6. The van der Waals surface area contributed by atoms with Crippen molar-refractivity contribution in [3.63, 3.8) is 0 Å². The van der Waals surface area contributed by atoms with Gasteiger partial charge in [0.05, 0.1) is 42.6 Å². The molecule has 1 aliphatic heterocycles. The van der Waals surface area contributed by atoms with Crippen molar-refractivity contribution in [3.8, 4) is 5.88 Å². The van der Waals surface area contributed by atoms with E-state index in [1.807, 2.05) is 29.2 Å². The van der Waals surface area contributed by atoms with Crippen molar-refractivity contribution in [1.82, 2.24) is 9.97 Å². The van der Waals surface area contributed by atoms with E-state index in [1.54, 1.807) is 24.3 Å². The van der Waals surface area contributed by atoms with Crippen molar-refractivity contribution in [2.75, 3.05) is 50.2 Å². The molecule has 3 aromatic rings. The smallest absolute Gasteiger partial charge is 0.339 e. The first-order valence-electron chi connectivity index (χ1n) is 9.85. The fraction of sp³-hybridized carbons (Fsp3) is 0.273. The van der Waals surface area contributed by atoms with Crippen LogP contribution in [0, 0.1) is 0 Å². The molecule has 0 saturated carbocycles. The number of hydrogen-bond donors (Lipinski definition) is 1. The molecule has 1 aliphatic rings. The number of ether oxygens (including phenoxy) is 3. The minimum atomic E-state index is -0.535. The van der Waals surface area contributed by atoms with Crippen LogP contribution in [-0.4, -0.2) is 61.9 Å². The summed E-state index contributed by atoms with van der Waals surface area (Å²) in [6.45, 7) is 2.18. The van der Waals surface area contributed by atoms with Crippen molar-refractivity contribution < 1.29 is 23.8 Å². The summed E-state index contributed by atoms with van der Waals surface area (Å²) in [4.78, 5) is 35.7. The van der Waals surface area contributed by atoms with Crippen molar-refractivity contribution in [2.24, 2.45) is 0 Å². The van der Waals surface area contributed by atoms with E-state index in [2.05, 4.69) is 10.3 Å². The number of hydrogen-bond acceptors (Lipinski definition) is 8. The number of rotatable bonds is 6. The number of benzene rings is 2. The van der Waals surface area contributed by atoms with E-state index in [1.165, 1.54) is 7.11 Å². The molecule has 31 heavy (non-hydrogen) atoms. The topological polar surface area (TPSA) is 103 Å². The summed E-state index contributed by atoms with van der Waals surface area (Å²) in [6, 6.07) is 14.1. The van der Waals surface area contributed by atoms with Gasteiger partial charge in [0.1, 0.15) is 0 Å². The molecule has 0 unspecified atom stereocenters. The van der Waals surface area contributed by atoms with Gasteiger partial charge in [-0.3, -0.25) is 4.79 Å². The molecular weight excluding hydrogens is 400 g/mol. The van der Waals surface area contributed by atoms with Crippen molar-refractivity contribution in [1.29, 1.82) is 0 Å². The van der Waals surface area contributed by atoms with Crippen LogP contribution in [0.15, 0.2) is 48.5 Å². The lowest BCUT2D eigenvalue weighted by Crippen LogP contribution is -2.37. The maximum atomic E-state index is 12.5. The van der Waals surface area contributed by atoms with Crippen LogP contribution in [0.5, 0.6) is 5.88 Å². The predicted molar refractivity (Wildman–Crippen MR) is 114 cm³/mol. The second kappa shape index (κ2) is 9.40. The van der Waals surface area contributed by atoms with Gasteiger partial charge < -0.3 is 24.4 Å². The Morgan fingerprint density at radius 3 is 2.45 bits per heavy atom. The molecule has 0 spiro atoms. The first kappa shape index (κ1) is 20.5. The number of esters is 1. The predicted octanol–water partition coefficient (Wildman–Crippen LogP) is 2.27. The maximum Gasteiger partial charge on any atom is 0.339 e. The van der Waals surface area contributed by atoms with Crippen LogP contribution < -0.4 is 15.0 Å². The Morgan fingerprint density at radius 1 is 1.03 bits per heavy atom.